The average Bonchev–Trinajstić information content (AvgIpc) is 3.15. The molecule has 0 aromatic carbocycles. The van der Waals surface area contributed by atoms with Crippen molar-refractivity contribution in [2.45, 2.75) is 236 Å². The number of phosphoric acid groups is 1. The first-order valence-electron chi connectivity index (χ1n) is 21.7. The van der Waals surface area contributed by atoms with Crippen LogP contribution in [0.15, 0.2) is 12.2 Å². The Morgan fingerprint density at radius 2 is 1.02 bits per heavy atom. The predicted octanol–water partition coefficient (Wildman–Crippen LogP) is 6.25. The van der Waals surface area contributed by atoms with Crippen LogP contribution in [0.1, 0.15) is 181 Å². The largest absolute Gasteiger partial charge is 0.472 e. The van der Waals surface area contributed by atoms with Gasteiger partial charge in [0.1, 0.15) is 36.6 Å². The number of carbonyl (C=O) groups is 1. The van der Waals surface area contributed by atoms with Gasteiger partial charge in [-0.1, -0.05) is 148 Å². The maximum absolute atomic E-state index is 12.9. The third-order valence-electron chi connectivity index (χ3n) is 10.6. The van der Waals surface area contributed by atoms with E-state index in [0.717, 1.165) is 57.8 Å². The minimum absolute atomic E-state index is 0.230. The van der Waals surface area contributed by atoms with Crippen molar-refractivity contribution in [3.8, 4) is 0 Å². The quantitative estimate of drug-likeness (QED) is 0.0197. The molecule has 0 radical (unpaired) electrons. The first-order chi connectivity index (χ1) is 26.3. The molecule has 1 amide bonds. The number of allylic oxidation sites excluding steroid dienone is 2. The maximum atomic E-state index is 12.9. The lowest BCUT2D eigenvalue weighted by Gasteiger charge is -2.41. The minimum atomic E-state index is -5.11. The van der Waals surface area contributed by atoms with Crippen LogP contribution in [0.25, 0.3) is 0 Å². The number of carbonyl (C=O) groups excluding carboxylic acids is 1. The number of unbranched alkanes of at least 4 members (excludes halogenated alkanes) is 20. The molecule has 8 atom stereocenters. The van der Waals surface area contributed by atoms with Gasteiger partial charge in [0.15, 0.2) is 0 Å². The third-order valence-corrected chi connectivity index (χ3v) is 11.6. The fraction of sp³-hybridized carbons (Fsp3) is 0.927. The van der Waals surface area contributed by atoms with Crippen LogP contribution in [-0.4, -0.2) is 108 Å². The Morgan fingerprint density at radius 3 is 1.51 bits per heavy atom. The Bertz CT molecular complexity index is 1010. The highest BCUT2D eigenvalue weighted by molar-refractivity contribution is 7.47. The SMILES string of the molecule is CCCCCCCCCCC/C=C\CCCCCC(O)CC(=O)NC(COP(=O)(O)OC1C(O)C(O)C(O)C(O)C1O)C(O)CCCCCCCCCCC. The van der Waals surface area contributed by atoms with Gasteiger partial charge in [-0.2, -0.15) is 0 Å². The molecule has 55 heavy (non-hydrogen) atoms. The molecule has 1 saturated carbocycles. The van der Waals surface area contributed by atoms with Crippen LogP contribution < -0.4 is 5.32 Å². The summed E-state index contributed by atoms with van der Waals surface area (Å²) in [6, 6.07) is -1.15. The fourth-order valence-electron chi connectivity index (χ4n) is 7.00. The maximum Gasteiger partial charge on any atom is 0.472 e. The van der Waals surface area contributed by atoms with Crippen LogP contribution in [0, 0.1) is 0 Å². The Kier molecular flexibility index (Phi) is 30.3. The summed E-state index contributed by atoms with van der Waals surface area (Å²) in [5.41, 5.74) is 0. The molecule has 1 aliphatic carbocycles. The van der Waals surface area contributed by atoms with Gasteiger partial charge < -0.3 is 46.0 Å². The predicted molar refractivity (Wildman–Crippen MR) is 215 cm³/mol. The first kappa shape index (κ1) is 52.1. The van der Waals surface area contributed by atoms with E-state index in [1.54, 1.807) is 0 Å². The summed E-state index contributed by atoms with van der Waals surface area (Å²) in [6.07, 6.45) is 17.2. The van der Waals surface area contributed by atoms with E-state index >= 15 is 0 Å². The summed E-state index contributed by atoms with van der Waals surface area (Å²) in [6.45, 7) is 3.73. The molecule has 326 valence electrons. The van der Waals surface area contributed by atoms with Gasteiger partial charge >= 0.3 is 7.82 Å². The van der Waals surface area contributed by atoms with Gasteiger partial charge in [0.25, 0.3) is 0 Å². The zero-order valence-corrected chi connectivity index (χ0v) is 35.0. The molecule has 0 aromatic rings. The molecule has 0 heterocycles. The van der Waals surface area contributed by atoms with Gasteiger partial charge in [-0.25, -0.2) is 4.57 Å². The number of hydrogen-bond donors (Lipinski definition) is 9. The van der Waals surface area contributed by atoms with Crippen LogP contribution in [0.2, 0.25) is 0 Å². The van der Waals surface area contributed by atoms with Gasteiger partial charge in [-0.3, -0.25) is 13.8 Å². The van der Waals surface area contributed by atoms with Crippen molar-refractivity contribution in [2.24, 2.45) is 0 Å². The number of rotatable bonds is 35. The summed E-state index contributed by atoms with van der Waals surface area (Å²) >= 11 is 0. The molecule has 14 heteroatoms. The topological polar surface area (TPSA) is 226 Å². The molecule has 0 aliphatic heterocycles. The summed E-state index contributed by atoms with van der Waals surface area (Å²) in [5, 5.41) is 74.3. The highest BCUT2D eigenvalue weighted by Gasteiger charge is 2.51. The van der Waals surface area contributed by atoms with Gasteiger partial charge in [0.2, 0.25) is 5.91 Å². The highest BCUT2D eigenvalue weighted by Crippen LogP contribution is 2.47. The molecule has 0 aromatic heterocycles. The van der Waals surface area contributed by atoms with Gasteiger partial charge in [-0.15, -0.1) is 0 Å². The molecule has 0 bridgehead atoms. The number of aliphatic hydroxyl groups is 7. The lowest BCUT2D eigenvalue weighted by molar-refractivity contribution is -0.220. The summed E-state index contributed by atoms with van der Waals surface area (Å²) < 4.78 is 22.8. The molecule has 0 spiro atoms. The van der Waals surface area contributed by atoms with Crippen molar-refractivity contribution in [3.05, 3.63) is 12.2 Å². The molecule has 13 nitrogen and oxygen atoms in total. The van der Waals surface area contributed by atoms with E-state index in [4.69, 9.17) is 9.05 Å². The number of nitrogens with one attached hydrogen (secondary N) is 1. The normalized spacial score (nSPS) is 24.5. The van der Waals surface area contributed by atoms with Crippen molar-refractivity contribution in [3.63, 3.8) is 0 Å². The van der Waals surface area contributed by atoms with E-state index in [0.29, 0.717) is 12.8 Å². The van der Waals surface area contributed by atoms with Crippen LogP contribution in [0.4, 0.5) is 0 Å². The van der Waals surface area contributed by atoms with E-state index in [1.807, 2.05) is 0 Å². The molecular formula is C41H80NO12P. The van der Waals surface area contributed by atoms with Crippen LogP contribution in [-0.2, 0) is 18.4 Å². The first-order valence-corrected chi connectivity index (χ1v) is 23.2. The Morgan fingerprint density at radius 1 is 0.618 bits per heavy atom. The molecule has 1 rings (SSSR count). The van der Waals surface area contributed by atoms with Crippen LogP contribution in [0.5, 0.6) is 0 Å². The van der Waals surface area contributed by atoms with Crippen LogP contribution >= 0.6 is 7.82 Å². The smallest absolute Gasteiger partial charge is 0.393 e. The molecule has 1 aliphatic rings. The van der Waals surface area contributed by atoms with E-state index in [1.165, 1.54) is 83.5 Å². The van der Waals surface area contributed by atoms with Crippen LogP contribution in [0.3, 0.4) is 0 Å². The molecule has 0 saturated heterocycles. The Labute approximate surface area is 331 Å². The summed E-state index contributed by atoms with van der Waals surface area (Å²) in [5.74, 6) is -0.571. The average molecular weight is 810 g/mol. The van der Waals surface area contributed by atoms with Gasteiger partial charge in [0.05, 0.1) is 31.3 Å². The number of hydrogen-bond acceptors (Lipinski definition) is 11. The monoisotopic (exact) mass is 810 g/mol. The van der Waals surface area contributed by atoms with E-state index < -0.39 is 75.2 Å². The molecular weight excluding hydrogens is 729 g/mol. The van der Waals surface area contributed by atoms with Gasteiger partial charge in [-0.05, 0) is 38.5 Å². The van der Waals surface area contributed by atoms with Gasteiger partial charge in [0, 0.05) is 0 Å². The van der Waals surface area contributed by atoms with E-state index in [9.17, 15) is 50.0 Å². The molecule has 1 fully saturated rings. The third kappa shape index (κ3) is 24.5. The van der Waals surface area contributed by atoms with Crippen molar-refractivity contribution < 1.29 is 59.0 Å². The second kappa shape index (κ2) is 32.0. The van der Waals surface area contributed by atoms with E-state index in [2.05, 4.69) is 31.3 Å². The zero-order valence-electron chi connectivity index (χ0n) is 34.1. The van der Waals surface area contributed by atoms with Crippen molar-refractivity contribution >= 4 is 13.7 Å². The lowest BCUT2D eigenvalue weighted by Crippen LogP contribution is -2.64. The highest BCUT2D eigenvalue weighted by atomic mass is 31.2. The second-order valence-corrected chi connectivity index (χ2v) is 17.1. The van der Waals surface area contributed by atoms with Crippen molar-refractivity contribution in [2.75, 3.05) is 6.61 Å². The minimum Gasteiger partial charge on any atom is -0.393 e. The summed E-state index contributed by atoms with van der Waals surface area (Å²) in [7, 11) is -5.11. The fourth-order valence-corrected chi connectivity index (χ4v) is 7.97. The lowest BCUT2D eigenvalue weighted by atomic mass is 9.85. The number of amides is 1. The Hall–Kier alpha value is -0.960. The molecule has 8 unspecified atom stereocenters. The standard InChI is InChI=1S/C41H80NO12P/c1-3-5-7-9-11-13-14-15-16-17-18-19-21-22-24-26-28-32(43)30-35(45)42-33(34(44)29-27-25-23-20-12-10-8-6-4-2)31-53-55(51,52)54-41-39(49)37(47)36(46)38(48)40(41)50/h18-19,32-34,36-41,43-44,46-50H,3-17,20-31H2,1-2H3,(H,42,45)(H,51,52)/b19-18-. The number of aliphatic hydroxyl groups excluding tert-OH is 7. The van der Waals surface area contributed by atoms with Crippen molar-refractivity contribution in [1.82, 2.24) is 5.32 Å². The van der Waals surface area contributed by atoms with E-state index in [-0.39, 0.29) is 12.8 Å². The number of phosphoric ester groups is 1. The second-order valence-electron chi connectivity index (χ2n) is 15.7. The molecule has 9 N–H and O–H groups in total. The van der Waals surface area contributed by atoms with Crippen molar-refractivity contribution in [1.29, 1.82) is 0 Å². The summed E-state index contributed by atoms with van der Waals surface area (Å²) in [4.78, 5) is 23.3. The zero-order chi connectivity index (χ0) is 40.9. The Balaban J connectivity index is 2.52.